The van der Waals surface area contributed by atoms with Crippen LogP contribution >= 0.6 is 0 Å². The number of tetrazole rings is 1. The van der Waals surface area contributed by atoms with Gasteiger partial charge in [-0.05, 0) is 25.2 Å². The van der Waals surface area contributed by atoms with Crippen LogP contribution in [0.15, 0.2) is 0 Å². The lowest BCUT2D eigenvalue weighted by molar-refractivity contribution is 0.686. The summed E-state index contributed by atoms with van der Waals surface area (Å²) in [5.74, 6) is 6.02. The van der Waals surface area contributed by atoms with Crippen molar-refractivity contribution in [2.75, 3.05) is 25.1 Å². The van der Waals surface area contributed by atoms with E-state index in [0.29, 0.717) is 12.5 Å². The van der Waals surface area contributed by atoms with Crippen molar-refractivity contribution < 1.29 is 0 Å². The number of hydrogen-bond acceptors (Lipinski definition) is 6. The van der Waals surface area contributed by atoms with Crippen LogP contribution in [-0.2, 0) is 0 Å². The van der Waals surface area contributed by atoms with E-state index >= 15 is 0 Å². The van der Waals surface area contributed by atoms with Gasteiger partial charge in [0.2, 0.25) is 0 Å². The van der Waals surface area contributed by atoms with Gasteiger partial charge in [-0.1, -0.05) is 5.10 Å². The summed E-state index contributed by atoms with van der Waals surface area (Å²) in [5.41, 5.74) is 0. The Morgan fingerprint density at radius 1 is 1.67 bits per heavy atom. The summed E-state index contributed by atoms with van der Waals surface area (Å²) in [6, 6.07) is 0. The molecule has 1 rings (SSSR count). The number of anilines is 1. The Kier molecular flexibility index (Phi) is 3.42. The second-order valence-electron chi connectivity index (χ2n) is 2.36. The minimum Gasteiger partial charge on any atom is -0.320 e. The Morgan fingerprint density at radius 3 is 3.08 bits per heavy atom. The number of hydrazine groups is 1. The smallest absolute Gasteiger partial charge is 0.279 e. The number of nitrogens with two attached hydrogens (primary N) is 1. The molecule has 0 saturated heterocycles. The second-order valence-corrected chi connectivity index (χ2v) is 2.36. The molecular weight excluding hydrogens is 158 g/mol. The van der Waals surface area contributed by atoms with E-state index in [-0.39, 0.29) is 0 Å². The number of hydrogen-bond donors (Lipinski definition) is 3. The second kappa shape index (κ2) is 4.62. The zero-order chi connectivity index (χ0) is 8.81. The van der Waals surface area contributed by atoms with Crippen molar-refractivity contribution in [3.8, 4) is 0 Å². The van der Waals surface area contributed by atoms with E-state index in [1.54, 1.807) is 0 Å². The van der Waals surface area contributed by atoms with Gasteiger partial charge >= 0.3 is 0 Å². The van der Waals surface area contributed by atoms with Gasteiger partial charge in [-0.15, -0.1) is 5.10 Å². The van der Waals surface area contributed by atoms with Crippen molar-refractivity contribution in [2.24, 2.45) is 5.84 Å². The number of rotatable bonds is 5. The van der Waals surface area contributed by atoms with Crippen LogP contribution in [0, 0.1) is 0 Å². The molecule has 12 heavy (non-hydrogen) atoms. The minimum atomic E-state index is 0.422. The van der Waals surface area contributed by atoms with Crippen molar-refractivity contribution in [2.45, 2.75) is 6.42 Å². The van der Waals surface area contributed by atoms with E-state index in [1.807, 2.05) is 7.05 Å². The Balaban J connectivity index is 2.25. The van der Waals surface area contributed by atoms with Gasteiger partial charge in [0.25, 0.3) is 5.95 Å². The molecule has 0 fully saturated rings. The molecule has 1 aromatic rings. The number of aromatic nitrogens is 4. The molecule has 0 spiro atoms. The van der Waals surface area contributed by atoms with Crippen LogP contribution in [0.1, 0.15) is 6.42 Å². The standard InChI is InChI=1S/C5H13N7/c1-7-3-2-4-12(6)5-8-10-11-9-5/h7H,2-4,6H2,1H3,(H,8,9,10,11). The van der Waals surface area contributed by atoms with Gasteiger partial charge in [-0.3, -0.25) is 5.01 Å². The summed E-state index contributed by atoms with van der Waals surface area (Å²) in [6.45, 7) is 1.63. The quantitative estimate of drug-likeness (QED) is 0.283. The van der Waals surface area contributed by atoms with Gasteiger partial charge in [-0.2, -0.15) is 5.21 Å². The third-order valence-electron chi connectivity index (χ3n) is 1.42. The SMILES string of the molecule is CNCCCN(N)c1nn[nH]n1. The van der Waals surface area contributed by atoms with Crippen LogP contribution in [0.3, 0.4) is 0 Å². The highest BCUT2D eigenvalue weighted by Gasteiger charge is 2.04. The lowest BCUT2D eigenvalue weighted by atomic mass is 10.4. The lowest BCUT2D eigenvalue weighted by Crippen LogP contribution is -2.34. The predicted octanol–water partition coefficient (Wildman–Crippen LogP) is -1.51. The van der Waals surface area contributed by atoms with E-state index < -0.39 is 0 Å². The molecular formula is C5H13N7. The molecule has 7 nitrogen and oxygen atoms in total. The topological polar surface area (TPSA) is 95.7 Å². The normalized spacial score (nSPS) is 10.2. The molecule has 0 amide bonds. The molecule has 0 saturated carbocycles. The predicted molar refractivity (Wildman–Crippen MR) is 44.3 cm³/mol. The summed E-state index contributed by atoms with van der Waals surface area (Å²) in [6.07, 6.45) is 0.946. The van der Waals surface area contributed by atoms with Crippen LogP contribution in [-0.4, -0.2) is 40.8 Å². The molecule has 4 N–H and O–H groups in total. The van der Waals surface area contributed by atoms with Crippen molar-refractivity contribution in [3.63, 3.8) is 0 Å². The highest BCUT2D eigenvalue weighted by atomic mass is 15.6. The van der Waals surface area contributed by atoms with Crippen LogP contribution in [0.4, 0.5) is 5.95 Å². The Bertz CT molecular complexity index is 196. The fraction of sp³-hybridized carbons (Fsp3) is 0.800. The molecule has 7 heteroatoms. The van der Waals surface area contributed by atoms with Gasteiger partial charge in [0.15, 0.2) is 0 Å². The monoisotopic (exact) mass is 171 g/mol. The van der Waals surface area contributed by atoms with Gasteiger partial charge in [-0.25, -0.2) is 5.84 Å². The summed E-state index contributed by atoms with van der Waals surface area (Å²) in [5, 5.41) is 17.7. The highest BCUT2D eigenvalue weighted by molar-refractivity contribution is 5.21. The number of H-pyrrole nitrogens is 1. The van der Waals surface area contributed by atoms with Gasteiger partial charge in [0.05, 0.1) is 0 Å². The molecule has 0 atom stereocenters. The first kappa shape index (κ1) is 8.88. The van der Waals surface area contributed by atoms with Gasteiger partial charge in [0.1, 0.15) is 0 Å². The van der Waals surface area contributed by atoms with Crippen LogP contribution in [0.2, 0.25) is 0 Å². The van der Waals surface area contributed by atoms with E-state index in [2.05, 4.69) is 25.9 Å². The average molecular weight is 171 g/mol. The van der Waals surface area contributed by atoms with Crippen LogP contribution < -0.4 is 16.2 Å². The average Bonchev–Trinajstić information content (AvgIpc) is 2.56. The van der Waals surface area contributed by atoms with Crippen molar-refractivity contribution in [1.82, 2.24) is 25.9 Å². The van der Waals surface area contributed by atoms with Gasteiger partial charge in [0, 0.05) is 6.54 Å². The largest absolute Gasteiger partial charge is 0.320 e. The zero-order valence-corrected chi connectivity index (χ0v) is 6.99. The molecule has 0 aliphatic carbocycles. The summed E-state index contributed by atoms with van der Waals surface area (Å²) >= 11 is 0. The fourth-order valence-electron chi connectivity index (χ4n) is 0.804. The van der Waals surface area contributed by atoms with E-state index in [4.69, 9.17) is 5.84 Å². The van der Waals surface area contributed by atoms with Crippen LogP contribution in [0.25, 0.3) is 0 Å². The van der Waals surface area contributed by atoms with Crippen molar-refractivity contribution in [1.29, 1.82) is 0 Å². The molecule has 0 unspecified atom stereocenters. The lowest BCUT2D eigenvalue weighted by Gasteiger charge is -2.12. The summed E-state index contributed by atoms with van der Waals surface area (Å²) in [4.78, 5) is 0. The zero-order valence-electron chi connectivity index (χ0n) is 6.99. The van der Waals surface area contributed by atoms with Gasteiger partial charge < -0.3 is 5.32 Å². The summed E-state index contributed by atoms with van der Waals surface area (Å²) in [7, 11) is 1.90. The maximum absolute atomic E-state index is 5.60. The molecule has 1 aromatic heterocycles. The van der Waals surface area contributed by atoms with E-state index in [1.165, 1.54) is 5.01 Å². The van der Waals surface area contributed by atoms with Crippen LogP contribution in [0.5, 0.6) is 0 Å². The Hall–Kier alpha value is -1.21. The molecule has 0 aliphatic rings. The van der Waals surface area contributed by atoms with Crippen molar-refractivity contribution >= 4 is 5.95 Å². The first-order valence-electron chi connectivity index (χ1n) is 3.75. The molecule has 0 aromatic carbocycles. The Morgan fingerprint density at radius 2 is 2.50 bits per heavy atom. The van der Waals surface area contributed by atoms with E-state index in [0.717, 1.165) is 13.0 Å². The number of nitrogens with zero attached hydrogens (tertiary/aromatic N) is 4. The third-order valence-corrected chi connectivity index (χ3v) is 1.42. The third kappa shape index (κ3) is 2.44. The van der Waals surface area contributed by atoms with Crippen molar-refractivity contribution in [3.05, 3.63) is 0 Å². The fourth-order valence-corrected chi connectivity index (χ4v) is 0.804. The minimum absolute atomic E-state index is 0.422. The molecule has 1 heterocycles. The molecule has 0 radical (unpaired) electrons. The van der Waals surface area contributed by atoms with E-state index in [9.17, 15) is 0 Å². The maximum Gasteiger partial charge on any atom is 0.279 e. The highest BCUT2D eigenvalue weighted by Crippen LogP contribution is 1.96. The molecule has 0 bridgehead atoms. The first-order valence-corrected chi connectivity index (χ1v) is 3.75. The summed E-state index contributed by atoms with van der Waals surface area (Å²) < 4.78 is 0. The maximum atomic E-state index is 5.60. The number of aromatic amines is 1. The molecule has 0 aliphatic heterocycles. The number of nitrogens with one attached hydrogen (secondary N) is 2. The Labute approximate surface area is 70.3 Å². The molecule has 68 valence electrons. The first-order chi connectivity index (χ1) is 5.84.